The highest BCUT2D eigenvalue weighted by atomic mass is 35.5. The van der Waals surface area contributed by atoms with Gasteiger partial charge in [0.25, 0.3) is 5.56 Å². The zero-order valence-corrected chi connectivity index (χ0v) is 17.9. The van der Waals surface area contributed by atoms with Crippen molar-refractivity contribution in [2.75, 3.05) is 7.11 Å². The SMILES string of the molecule is COc1ccc(Cl)cc1-n1c(C)cn2c3c(=O)n([C@@H](C)C(C)=O)c(=O)n(C)c3nc12. The monoisotopic (exact) mass is 429 g/mol. The van der Waals surface area contributed by atoms with Gasteiger partial charge in [0, 0.05) is 24.0 Å². The first kappa shape index (κ1) is 20.0. The fraction of sp³-hybridized carbons (Fsp3) is 0.300. The van der Waals surface area contributed by atoms with Gasteiger partial charge in [-0.25, -0.2) is 9.36 Å². The molecule has 0 saturated heterocycles. The second-order valence-corrected chi connectivity index (χ2v) is 7.62. The van der Waals surface area contributed by atoms with Crippen LogP contribution in [0.4, 0.5) is 0 Å². The minimum absolute atomic E-state index is 0.211. The van der Waals surface area contributed by atoms with E-state index in [-0.39, 0.29) is 16.9 Å². The van der Waals surface area contributed by atoms with Crippen molar-refractivity contribution in [3.8, 4) is 11.4 Å². The summed E-state index contributed by atoms with van der Waals surface area (Å²) in [5, 5.41) is 0.512. The molecule has 9 nitrogen and oxygen atoms in total. The number of methoxy groups -OCH3 is 1. The second kappa shape index (κ2) is 6.88. The van der Waals surface area contributed by atoms with Crippen LogP contribution in [-0.2, 0) is 11.8 Å². The number of halogens is 1. The van der Waals surface area contributed by atoms with E-state index in [2.05, 4.69) is 4.98 Å². The van der Waals surface area contributed by atoms with Crippen molar-refractivity contribution in [3.63, 3.8) is 0 Å². The zero-order valence-electron chi connectivity index (χ0n) is 17.1. The number of carbonyl (C=O) groups is 1. The Bertz CT molecular complexity index is 1460. The number of hydrogen-bond donors (Lipinski definition) is 0. The van der Waals surface area contributed by atoms with Crippen LogP contribution in [0.3, 0.4) is 0 Å². The minimum Gasteiger partial charge on any atom is -0.495 e. The highest BCUT2D eigenvalue weighted by Gasteiger charge is 2.24. The van der Waals surface area contributed by atoms with E-state index in [9.17, 15) is 14.4 Å². The van der Waals surface area contributed by atoms with E-state index in [4.69, 9.17) is 16.3 Å². The Balaban J connectivity index is 2.16. The van der Waals surface area contributed by atoms with Crippen LogP contribution >= 0.6 is 11.6 Å². The van der Waals surface area contributed by atoms with Gasteiger partial charge in [0.2, 0.25) is 5.78 Å². The summed E-state index contributed by atoms with van der Waals surface area (Å²) in [6, 6.07) is 4.31. The Morgan fingerprint density at radius 2 is 1.97 bits per heavy atom. The van der Waals surface area contributed by atoms with Crippen molar-refractivity contribution in [1.29, 1.82) is 0 Å². The Kier molecular flexibility index (Phi) is 4.58. The van der Waals surface area contributed by atoms with Crippen LogP contribution in [0.1, 0.15) is 25.6 Å². The lowest BCUT2D eigenvalue weighted by molar-refractivity contribution is -0.119. The number of ether oxygens (including phenoxy) is 1. The summed E-state index contributed by atoms with van der Waals surface area (Å²) in [5.74, 6) is 0.708. The van der Waals surface area contributed by atoms with Gasteiger partial charge < -0.3 is 4.74 Å². The third-order valence-corrected chi connectivity index (χ3v) is 5.57. The molecule has 0 N–H and O–H groups in total. The Hall–Kier alpha value is -3.33. The van der Waals surface area contributed by atoms with Gasteiger partial charge in [0.05, 0.1) is 18.8 Å². The van der Waals surface area contributed by atoms with E-state index in [0.29, 0.717) is 22.2 Å². The largest absolute Gasteiger partial charge is 0.495 e. The number of ketones is 1. The summed E-state index contributed by atoms with van der Waals surface area (Å²) in [4.78, 5) is 42.5. The molecule has 1 atom stereocenters. The van der Waals surface area contributed by atoms with Crippen LogP contribution in [0.5, 0.6) is 5.75 Å². The third kappa shape index (κ3) is 2.69. The van der Waals surface area contributed by atoms with E-state index in [1.165, 1.54) is 25.5 Å². The first-order valence-electron chi connectivity index (χ1n) is 9.23. The highest BCUT2D eigenvalue weighted by molar-refractivity contribution is 6.30. The number of Topliss-reactive ketones (excluding diaryl/α,β-unsaturated/α-hetero) is 1. The molecule has 30 heavy (non-hydrogen) atoms. The molecule has 0 unspecified atom stereocenters. The minimum atomic E-state index is -0.887. The van der Waals surface area contributed by atoms with Gasteiger partial charge >= 0.3 is 5.69 Å². The molecule has 0 fully saturated rings. The Morgan fingerprint density at radius 3 is 2.60 bits per heavy atom. The van der Waals surface area contributed by atoms with Crippen molar-refractivity contribution in [2.24, 2.45) is 7.05 Å². The third-order valence-electron chi connectivity index (χ3n) is 5.33. The van der Waals surface area contributed by atoms with Gasteiger partial charge in [-0.3, -0.25) is 23.1 Å². The summed E-state index contributed by atoms with van der Waals surface area (Å²) in [7, 11) is 3.08. The van der Waals surface area contributed by atoms with Crippen LogP contribution in [0.15, 0.2) is 34.0 Å². The average molecular weight is 430 g/mol. The number of aromatic nitrogens is 5. The van der Waals surface area contributed by atoms with E-state index < -0.39 is 17.3 Å². The predicted molar refractivity (Wildman–Crippen MR) is 113 cm³/mol. The van der Waals surface area contributed by atoms with E-state index in [1.54, 1.807) is 40.5 Å². The van der Waals surface area contributed by atoms with Crippen molar-refractivity contribution >= 4 is 34.3 Å². The zero-order chi connectivity index (χ0) is 21.9. The normalized spacial score (nSPS) is 12.6. The molecule has 156 valence electrons. The summed E-state index contributed by atoms with van der Waals surface area (Å²) in [5.41, 5.74) is 0.692. The van der Waals surface area contributed by atoms with E-state index in [0.717, 1.165) is 10.3 Å². The van der Waals surface area contributed by atoms with Gasteiger partial charge in [-0.2, -0.15) is 4.98 Å². The quantitative estimate of drug-likeness (QED) is 0.496. The molecule has 0 amide bonds. The molecule has 1 aromatic carbocycles. The molecule has 4 rings (SSSR count). The molecule has 4 aromatic rings. The maximum absolute atomic E-state index is 13.2. The number of imidazole rings is 2. The smallest absolute Gasteiger partial charge is 0.333 e. The predicted octanol–water partition coefficient (Wildman–Crippen LogP) is 2.26. The molecule has 3 heterocycles. The number of nitrogens with zero attached hydrogens (tertiary/aromatic N) is 5. The highest BCUT2D eigenvalue weighted by Crippen LogP contribution is 2.30. The fourth-order valence-electron chi connectivity index (χ4n) is 3.64. The average Bonchev–Trinajstić information content (AvgIpc) is 3.20. The van der Waals surface area contributed by atoms with E-state index in [1.807, 2.05) is 6.92 Å². The molecular weight excluding hydrogens is 410 g/mol. The molecule has 0 bridgehead atoms. The fourth-order valence-corrected chi connectivity index (χ4v) is 3.80. The number of carbonyl (C=O) groups excluding carboxylic acids is 1. The summed E-state index contributed by atoms with van der Waals surface area (Å²) >= 11 is 6.20. The molecule has 10 heteroatoms. The van der Waals surface area contributed by atoms with Gasteiger partial charge in [-0.05, 0) is 39.0 Å². The lowest BCUT2D eigenvalue weighted by Gasteiger charge is -2.12. The summed E-state index contributed by atoms with van der Waals surface area (Å²) in [6.45, 7) is 4.74. The van der Waals surface area contributed by atoms with Crippen LogP contribution in [0.2, 0.25) is 5.02 Å². The lowest BCUT2D eigenvalue weighted by Crippen LogP contribution is -2.42. The maximum Gasteiger partial charge on any atom is 0.333 e. The second-order valence-electron chi connectivity index (χ2n) is 7.18. The van der Waals surface area contributed by atoms with Crippen molar-refractivity contribution in [3.05, 3.63) is 56.0 Å². The molecule has 3 aromatic heterocycles. The van der Waals surface area contributed by atoms with Gasteiger partial charge in [-0.1, -0.05) is 11.6 Å². The van der Waals surface area contributed by atoms with Crippen LogP contribution in [-0.4, -0.2) is 36.0 Å². The number of hydrogen-bond acceptors (Lipinski definition) is 5. The van der Waals surface area contributed by atoms with Crippen LogP contribution < -0.4 is 16.0 Å². The summed E-state index contributed by atoms with van der Waals surface area (Å²) in [6.07, 6.45) is 1.75. The first-order chi connectivity index (χ1) is 14.2. The molecular formula is C20H20ClN5O4. The van der Waals surface area contributed by atoms with E-state index >= 15 is 0 Å². The van der Waals surface area contributed by atoms with Gasteiger partial charge in [0.1, 0.15) is 5.75 Å². The van der Waals surface area contributed by atoms with Crippen molar-refractivity contribution < 1.29 is 9.53 Å². The number of benzene rings is 1. The molecule has 0 radical (unpaired) electrons. The molecule has 0 spiro atoms. The number of fused-ring (bicyclic) bond motifs is 3. The Morgan fingerprint density at radius 1 is 1.27 bits per heavy atom. The topological polar surface area (TPSA) is 92.5 Å². The molecule has 0 aliphatic rings. The number of rotatable bonds is 4. The maximum atomic E-state index is 13.2. The lowest BCUT2D eigenvalue weighted by atomic mass is 10.2. The van der Waals surface area contributed by atoms with Crippen LogP contribution in [0, 0.1) is 6.92 Å². The van der Waals surface area contributed by atoms with Gasteiger partial charge in [0.15, 0.2) is 16.9 Å². The van der Waals surface area contributed by atoms with Gasteiger partial charge in [-0.15, -0.1) is 0 Å². The van der Waals surface area contributed by atoms with Crippen molar-refractivity contribution in [2.45, 2.75) is 26.8 Å². The first-order valence-corrected chi connectivity index (χ1v) is 9.61. The van der Waals surface area contributed by atoms with Crippen molar-refractivity contribution in [1.82, 2.24) is 23.1 Å². The summed E-state index contributed by atoms with van der Waals surface area (Å²) < 4.78 is 11.1. The molecule has 0 aliphatic heterocycles. The number of aryl methyl sites for hydroxylation is 2. The molecule has 0 saturated carbocycles. The standard InChI is InChI=1S/C20H20ClN5O4/c1-10-9-24-16-17(23(4)20(29)26(18(16)28)11(2)12(3)27)22-19(24)25(10)14-8-13(21)6-7-15(14)30-5/h6-9,11H,1-5H3/t11-/m0/s1. The molecule has 0 aliphatic carbocycles. The van der Waals surface area contributed by atoms with Crippen LogP contribution in [0.25, 0.3) is 22.6 Å². The Labute approximate surface area is 175 Å².